The summed E-state index contributed by atoms with van der Waals surface area (Å²) in [6.45, 7) is 5.60. The van der Waals surface area contributed by atoms with Crippen molar-refractivity contribution in [1.82, 2.24) is 10.2 Å². The molecule has 3 unspecified atom stereocenters. The second-order valence-electron chi connectivity index (χ2n) is 6.21. The van der Waals surface area contributed by atoms with E-state index in [1.165, 1.54) is 0 Å². The normalized spacial score (nSPS) is 28.8. The molecule has 2 saturated heterocycles. The summed E-state index contributed by atoms with van der Waals surface area (Å²) in [5.41, 5.74) is 5.97. The number of likely N-dealkylation sites (tertiary alicyclic amines) is 1. The van der Waals surface area contributed by atoms with Crippen molar-refractivity contribution in [3.63, 3.8) is 0 Å². The number of amides is 2. The summed E-state index contributed by atoms with van der Waals surface area (Å²) in [4.78, 5) is 25.5. The Hall–Kier alpha value is -1.10. The summed E-state index contributed by atoms with van der Waals surface area (Å²) >= 11 is 0. The first-order chi connectivity index (χ1) is 8.97. The van der Waals surface area contributed by atoms with E-state index in [0.717, 1.165) is 25.9 Å². The number of hydrogen-bond donors (Lipinski definition) is 2. The lowest BCUT2D eigenvalue weighted by Crippen LogP contribution is -2.55. The molecule has 0 aliphatic carbocycles. The van der Waals surface area contributed by atoms with Crippen molar-refractivity contribution < 1.29 is 9.59 Å². The second kappa shape index (κ2) is 5.90. The van der Waals surface area contributed by atoms with Gasteiger partial charge in [-0.05, 0) is 24.7 Å². The summed E-state index contributed by atoms with van der Waals surface area (Å²) in [5.74, 6) is 1.07. The van der Waals surface area contributed by atoms with E-state index in [1.807, 2.05) is 18.7 Å². The Kier molecular flexibility index (Phi) is 4.45. The number of rotatable bonds is 3. The summed E-state index contributed by atoms with van der Waals surface area (Å²) in [5, 5.41) is 3.04. The monoisotopic (exact) mass is 267 g/mol. The van der Waals surface area contributed by atoms with Crippen LogP contribution >= 0.6 is 0 Å². The van der Waals surface area contributed by atoms with Crippen LogP contribution in [0.1, 0.15) is 39.5 Å². The molecular formula is C14H25N3O2. The first kappa shape index (κ1) is 14.3. The molecule has 3 N–H and O–H groups in total. The van der Waals surface area contributed by atoms with Crippen molar-refractivity contribution in [2.75, 3.05) is 13.1 Å². The fraction of sp³-hybridized carbons (Fsp3) is 0.857. The van der Waals surface area contributed by atoms with Gasteiger partial charge in [0, 0.05) is 38.0 Å². The van der Waals surface area contributed by atoms with Crippen LogP contribution in [0.3, 0.4) is 0 Å². The van der Waals surface area contributed by atoms with E-state index in [4.69, 9.17) is 5.73 Å². The van der Waals surface area contributed by atoms with Crippen LogP contribution < -0.4 is 11.1 Å². The highest BCUT2D eigenvalue weighted by Crippen LogP contribution is 2.25. The largest absolute Gasteiger partial charge is 0.353 e. The maximum atomic E-state index is 12.2. The third-order valence-electron chi connectivity index (χ3n) is 4.44. The summed E-state index contributed by atoms with van der Waals surface area (Å²) < 4.78 is 0. The first-order valence-electron chi connectivity index (χ1n) is 7.30. The van der Waals surface area contributed by atoms with Crippen molar-refractivity contribution in [2.24, 2.45) is 17.6 Å². The van der Waals surface area contributed by atoms with E-state index in [9.17, 15) is 9.59 Å². The molecule has 0 aromatic rings. The fourth-order valence-electron chi connectivity index (χ4n) is 2.90. The Labute approximate surface area is 114 Å². The summed E-state index contributed by atoms with van der Waals surface area (Å²) in [7, 11) is 0. The Morgan fingerprint density at radius 1 is 1.47 bits per heavy atom. The number of nitrogens with two attached hydrogens (primary N) is 1. The zero-order valence-corrected chi connectivity index (χ0v) is 11.9. The number of carbonyl (C=O) groups is 2. The molecule has 5 heteroatoms. The highest BCUT2D eigenvalue weighted by molar-refractivity contribution is 5.78. The van der Waals surface area contributed by atoms with Gasteiger partial charge in [-0.15, -0.1) is 0 Å². The molecular weight excluding hydrogens is 242 g/mol. The van der Waals surface area contributed by atoms with Crippen LogP contribution in [0.2, 0.25) is 0 Å². The van der Waals surface area contributed by atoms with Gasteiger partial charge in [0.15, 0.2) is 0 Å². The van der Waals surface area contributed by atoms with Crippen molar-refractivity contribution in [2.45, 2.75) is 51.6 Å². The lowest BCUT2D eigenvalue weighted by Gasteiger charge is -2.41. The Balaban J connectivity index is 1.87. The summed E-state index contributed by atoms with van der Waals surface area (Å²) in [6, 6.07) is 0.209. The van der Waals surface area contributed by atoms with Crippen molar-refractivity contribution >= 4 is 11.8 Å². The van der Waals surface area contributed by atoms with Crippen LogP contribution in [-0.4, -0.2) is 41.9 Å². The van der Waals surface area contributed by atoms with E-state index in [0.29, 0.717) is 24.7 Å². The molecule has 2 rings (SSSR count). The van der Waals surface area contributed by atoms with Gasteiger partial charge in [0.05, 0.1) is 0 Å². The second-order valence-corrected chi connectivity index (χ2v) is 6.21. The summed E-state index contributed by atoms with van der Waals surface area (Å²) in [6.07, 6.45) is 2.80. The van der Waals surface area contributed by atoms with Crippen molar-refractivity contribution in [3.05, 3.63) is 0 Å². The minimum atomic E-state index is -0.0590. The molecule has 2 heterocycles. The van der Waals surface area contributed by atoms with Gasteiger partial charge in [-0.1, -0.05) is 13.8 Å². The van der Waals surface area contributed by atoms with Gasteiger partial charge in [0.1, 0.15) is 0 Å². The molecule has 2 amide bonds. The SMILES string of the molecule is CC(C)C(N)CC(=O)N1CCC2NC(=O)CCC2C1. The number of fused-ring (bicyclic) bond motifs is 1. The molecule has 0 aromatic carbocycles. The molecule has 0 aromatic heterocycles. The first-order valence-corrected chi connectivity index (χ1v) is 7.30. The zero-order chi connectivity index (χ0) is 14.0. The molecule has 5 nitrogen and oxygen atoms in total. The lowest BCUT2D eigenvalue weighted by atomic mass is 9.85. The standard InChI is InChI=1S/C14H25N3O2/c1-9(2)11(15)7-14(19)17-6-5-12-10(8-17)3-4-13(18)16-12/h9-12H,3-8,15H2,1-2H3,(H,16,18). The number of hydrogen-bond acceptors (Lipinski definition) is 3. The van der Waals surface area contributed by atoms with Gasteiger partial charge in [0.25, 0.3) is 0 Å². The molecule has 0 spiro atoms. The van der Waals surface area contributed by atoms with Crippen molar-refractivity contribution in [1.29, 1.82) is 0 Å². The predicted molar refractivity (Wildman–Crippen MR) is 73.3 cm³/mol. The zero-order valence-electron chi connectivity index (χ0n) is 11.9. The van der Waals surface area contributed by atoms with Crippen LogP contribution in [0.15, 0.2) is 0 Å². The number of carbonyl (C=O) groups excluding carboxylic acids is 2. The van der Waals surface area contributed by atoms with E-state index in [1.54, 1.807) is 0 Å². The van der Waals surface area contributed by atoms with E-state index < -0.39 is 0 Å². The lowest BCUT2D eigenvalue weighted by molar-refractivity contribution is -0.135. The van der Waals surface area contributed by atoms with Crippen LogP contribution in [0.5, 0.6) is 0 Å². The molecule has 2 aliphatic heterocycles. The maximum absolute atomic E-state index is 12.2. The van der Waals surface area contributed by atoms with Gasteiger partial charge >= 0.3 is 0 Å². The smallest absolute Gasteiger partial charge is 0.224 e. The van der Waals surface area contributed by atoms with Crippen LogP contribution in [0.4, 0.5) is 0 Å². The third kappa shape index (κ3) is 3.47. The highest BCUT2D eigenvalue weighted by atomic mass is 16.2. The molecule has 2 fully saturated rings. The minimum Gasteiger partial charge on any atom is -0.353 e. The fourth-order valence-corrected chi connectivity index (χ4v) is 2.90. The highest BCUT2D eigenvalue weighted by Gasteiger charge is 2.35. The molecule has 108 valence electrons. The predicted octanol–water partition coefficient (Wildman–Crippen LogP) is 0.487. The van der Waals surface area contributed by atoms with Crippen LogP contribution in [0.25, 0.3) is 0 Å². The maximum Gasteiger partial charge on any atom is 0.224 e. The molecule has 3 atom stereocenters. The van der Waals surface area contributed by atoms with Gasteiger partial charge in [-0.3, -0.25) is 9.59 Å². The number of nitrogens with zero attached hydrogens (tertiary/aromatic N) is 1. The van der Waals surface area contributed by atoms with E-state index in [2.05, 4.69) is 5.32 Å². The van der Waals surface area contributed by atoms with E-state index in [-0.39, 0.29) is 23.9 Å². The molecule has 19 heavy (non-hydrogen) atoms. The van der Waals surface area contributed by atoms with E-state index >= 15 is 0 Å². The topological polar surface area (TPSA) is 75.4 Å². The molecule has 0 bridgehead atoms. The van der Waals surface area contributed by atoms with Crippen LogP contribution in [-0.2, 0) is 9.59 Å². The van der Waals surface area contributed by atoms with Gasteiger partial charge in [0.2, 0.25) is 11.8 Å². The van der Waals surface area contributed by atoms with Gasteiger partial charge in [-0.25, -0.2) is 0 Å². The molecule has 0 saturated carbocycles. The Morgan fingerprint density at radius 2 is 2.21 bits per heavy atom. The van der Waals surface area contributed by atoms with Gasteiger partial charge in [-0.2, -0.15) is 0 Å². The third-order valence-corrected chi connectivity index (χ3v) is 4.44. The average molecular weight is 267 g/mol. The van der Waals surface area contributed by atoms with Gasteiger partial charge < -0.3 is 16.0 Å². The average Bonchev–Trinajstić information content (AvgIpc) is 2.37. The number of piperidine rings is 2. The van der Waals surface area contributed by atoms with Crippen molar-refractivity contribution in [3.8, 4) is 0 Å². The van der Waals surface area contributed by atoms with Crippen LogP contribution in [0, 0.1) is 11.8 Å². The minimum absolute atomic E-state index is 0.0590. The Bertz CT molecular complexity index is 357. The quantitative estimate of drug-likeness (QED) is 0.781. The Morgan fingerprint density at radius 3 is 2.89 bits per heavy atom. The molecule has 0 radical (unpaired) electrons. The number of nitrogens with one attached hydrogen (secondary N) is 1. The molecule has 2 aliphatic rings.